The Morgan fingerprint density at radius 1 is 1.20 bits per heavy atom. The van der Waals surface area contributed by atoms with Gasteiger partial charge in [0.2, 0.25) is 0 Å². The van der Waals surface area contributed by atoms with Crippen molar-refractivity contribution in [2.75, 3.05) is 6.61 Å². The van der Waals surface area contributed by atoms with Gasteiger partial charge in [0.05, 0.1) is 5.92 Å². The molecule has 4 heteroatoms. The number of hydrogen-bond acceptors (Lipinski definition) is 4. The van der Waals surface area contributed by atoms with Crippen molar-refractivity contribution in [2.24, 2.45) is 0 Å². The average Bonchev–Trinajstić information content (AvgIpc) is 2.90. The fraction of sp³-hybridized carbons (Fsp3) is 0.182. The maximum Gasteiger partial charge on any atom is 0.171 e. The zero-order chi connectivity index (χ0) is 10.7. The topological polar surface area (TPSA) is 37.3 Å². The zero-order valence-electron chi connectivity index (χ0n) is 7.92. The minimum Gasteiger partial charge on any atom is -0.389 e. The summed E-state index contributed by atoms with van der Waals surface area (Å²) in [5.41, 5.74) is 0. The van der Waals surface area contributed by atoms with Crippen LogP contribution < -0.4 is 0 Å². The number of carbonyl (C=O) groups excluding carboxylic acids is 1. The predicted molar refractivity (Wildman–Crippen MR) is 62.6 cm³/mol. The van der Waals surface area contributed by atoms with E-state index in [0.717, 1.165) is 9.75 Å². The van der Waals surface area contributed by atoms with E-state index in [0.29, 0.717) is 0 Å². The van der Waals surface area contributed by atoms with E-state index >= 15 is 0 Å². The molecule has 0 amide bonds. The van der Waals surface area contributed by atoms with Gasteiger partial charge in [-0.25, -0.2) is 0 Å². The molecule has 0 spiro atoms. The fourth-order valence-corrected chi connectivity index (χ4v) is 3.27. The lowest BCUT2D eigenvalue weighted by atomic mass is 10.0. The maximum absolute atomic E-state index is 11.7. The lowest BCUT2D eigenvalue weighted by molar-refractivity contribution is -0.122. The molecule has 0 saturated heterocycles. The fourth-order valence-electron chi connectivity index (χ4n) is 1.46. The summed E-state index contributed by atoms with van der Waals surface area (Å²) in [6.45, 7) is -0.402. The lowest BCUT2D eigenvalue weighted by Crippen LogP contribution is -2.15. The maximum atomic E-state index is 11.7. The van der Waals surface area contributed by atoms with Crippen LogP contribution in [0.25, 0.3) is 0 Å². The minimum absolute atomic E-state index is 0.139. The number of aliphatic hydroxyl groups is 1. The highest BCUT2D eigenvalue weighted by atomic mass is 32.1. The molecule has 0 aliphatic rings. The molecule has 0 atom stereocenters. The summed E-state index contributed by atoms with van der Waals surface area (Å²) in [5, 5.41) is 12.9. The predicted octanol–water partition coefficient (Wildman–Crippen LogP) is 2.50. The molecule has 2 rings (SSSR count). The number of Topliss-reactive ketones (excluding diaryl/α,β-unsaturated/α-hetero) is 1. The molecule has 2 aromatic heterocycles. The third kappa shape index (κ3) is 2.17. The van der Waals surface area contributed by atoms with Gasteiger partial charge in [0.1, 0.15) is 6.61 Å². The summed E-state index contributed by atoms with van der Waals surface area (Å²) < 4.78 is 0. The molecule has 78 valence electrons. The van der Waals surface area contributed by atoms with Gasteiger partial charge in [-0.3, -0.25) is 4.79 Å². The van der Waals surface area contributed by atoms with E-state index in [1.165, 1.54) is 0 Å². The Morgan fingerprint density at radius 3 is 2.07 bits per heavy atom. The summed E-state index contributed by atoms with van der Waals surface area (Å²) in [7, 11) is 0. The molecule has 0 fully saturated rings. The van der Waals surface area contributed by atoms with E-state index in [4.69, 9.17) is 5.11 Å². The van der Waals surface area contributed by atoms with E-state index in [2.05, 4.69) is 0 Å². The van der Waals surface area contributed by atoms with Crippen LogP contribution in [-0.2, 0) is 4.79 Å². The smallest absolute Gasteiger partial charge is 0.171 e. The van der Waals surface area contributed by atoms with Crippen LogP contribution in [0.2, 0.25) is 0 Å². The number of thiophene rings is 2. The third-order valence-corrected chi connectivity index (χ3v) is 4.01. The lowest BCUT2D eigenvalue weighted by Gasteiger charge is -2.10. The first-order valence-electron chi connectivity index (χ1n) is 4.53. The third-order valence-electron chi connectivity index (χ3n) is 2.13. The summed E-state index contributed by atoms with van der Waals surface area (Å²) in [5.74, 6) is -0.421. The van der Waals surface area contributed by atoms with Crippen molar-refractivity contribution in [1.82, 2.24) is 0 Å². The van der Waals surface area contributed by atoms with Crippen molar-refractivity contribution in [3.8, 4) is 0 Å². The number of carbonyl (C=O) groups is 1. The first-order valence-corrected chi connectivity index (χ1v) is 6.29. The number of hydrogen-bond donors (Lipinski definition) is 1. The van der Waals surface area contributed by atoms with Crippen LogP contribution in [0.3, 0.4) is 0 Å². The van der Waals surface area contributed by atoms with Crippen molar-refractivity contribution in [3.05, 3.63) is 44.8 Å². The van der Waals surface area contributed by atoms with Gasteiger partial charge >= 0.3 is 0 Å². The normalized spacial score (nSPS) is 10.8. The van der Waals surface area contributed by atoms with Crippen LogP contribution in [0, 0.1) is 0 Å². The molecule has 0 aliphatic heterocycles. The summed E-state index contributed by atoms with van der Waals surface area (Å²) in [6, 6.07) is 7.71. The monoisotopic (exact) mass is 238 g/mol. The molecule has 2 nitrogen and oxygen atoms in total. The average molecular weight is 238 g/mol. The second kappa shape index (κ2) is 4.70. The van der Waals surface area contributed by atoms with E-state index in [1.807, 2.05) is 35.0 Å². The van der Waals surface area contributed by atoms with Gasteiger partial charge in [-0.1, -0.05) is 12.1 Å². The van der Waals surface area contributed by atoms with Crippen molar-refractivity contribution < 1.29 is 9.90 Å². The zero-order valence-corrected chi connectivity index (χ0v) is 9.55. The molecule has 0 aromatic carbocycles. The molecule has 2 aromatic rings. The second-order valence-corrected chi connectivity index (χ2v) is 5.05. The van der Waals surface area contributed by atoms with E-state index in [-0.39, 0.29) is 11.7 Å². The van der Waals surface area contributed by atoms with Gasteiger partial charge in [0.15, 0.2) is 5.78 Å². The van der Waals surface area contributed by atoms with Crippen LogP contribution in [0.1, 0.15) is 15.7 Å². The molecule has 0 unspecified atom stereocenters. The van der Waals surface area contributed by atoms with Crippen LogP contribution in [0.5, 0.6) is 0 Å². The van der Waals surface area contributed by atoms with Crippen molar-refractivity contribution in [3.63, 3.8) is 0 Å². The van der Waals surface area contributed by atoms with Crippen LogP contribution in [0.15, 0.2) is 35.0 Å². The largest absolute Gasteiger partial charge is 0.389 e. The summed E-state index contributed by atoms with van der Waals surface area (Å²) in [6.07, 6.45) is 0. The van der Waals surface area contributed by atoms with Crippen LogP contribution >= 0.6 is 22.7 Å². The molecular weight excluding hydrogens is 228 g/mol. The van der Waals surface area contributed by atoms with E-state index < -0.39 is 6.61 Å². The minimum atomic E-state index is -0.402. The molecule has 0 aliphatic carbocycles. The Bertz CT molecular complexity index is 383. The van der Waals surface area contributed by atoms with E-state index in [9.17, 15) is 4.79 Å². The first kappa shape index (κ1) is 10.5. The van der Waals surface area contributed by atoms with Crippen LogP contribution in [0.4, 0.5) is 0 Å². The number of ketones is 1. The molecule has 0 radical (unpaired) electrons. The molecule has 15 heavy (non-hydrogen) atoms. The highest BCUT2D eigenvalue weighted by Crippen LogP contribution is 2.31. The van der Waals surface area contributed by atoms with Crippen molar-refractivity contribution in [1.29, 1.82) is 0 Å². The Labute approximate surface area is 95.8 Å². The Hall–Kier alpha value is -0.970. The molecule has 1 N–H and O–H groups in total. The van der Waals surface area contributed by atoms with E-state index in [1.54, 1.807) is 22.7 Å². The summed E-state index contributed by atoms with van der Waals surface area (Å²) in [4.78, 5) is 13.7. The number of rotatable bonds is 4. The van der Waals surface area contributed by atoms with Gasteiger partial charge in [-0.05, 0) is 22.9 Å². The Morgan fingerprint density at radius 2 is 1.73 bits per heavy atom. The van der Waals surface area contributed by atoms with Crippen molar-refractivity contribution >= 4 is 28.5 Å². The summed E-state index contributed by atoms with van der Waals surface area (Å²) >= 11 is 3.10. The highest BCUT2D eigenvalue weighted by molar-refractivity contribution is 7.12. The number of aliphatic hydroxyl groups excluding tert-OH is 1. The Kier molecular flexibility index (Phi) is 3.30. The molecule has 0 bridgehead atoms. The quantitative estimate of drug-likeness (QED) is 0.888. The SMILES string of the molecule is O=C(CO)C(c1cccs1)c1cccs1. The van der Waals surface area contributed by atoms with Gasteiger partial charge < -0.3 is 5.11 Å². The van der Waals surface area contributed by atoms with Gasteiger partial charge in [-0.2, -0.15) is 0 Å². The molecular formula is C11H10O2S2. The first-order chi connectivity index (χ1) is 7.33. The molecule has 2 heterocycles. The molecule has 0 saturated carbocycles. The van der Waals surface area contributed by atoms with Crippen molar-refractivity contribution in [2.45, 2.75) is 5.92 Å². The Balaban J connectivity index is 2.37. The van der Waals surface area contributed by atoms with Gasteiger partial charge in [-0.15, -0.1) is 22.7 Å². The van der Waals surface area contributed by atoms with Gasteiger partial charge in [0, 0.05) is 9.75 Å². The second-order valence-electron chi connectivity index (χ2n) is 3.09. The highest BCUT2D eigenvalue weighted by Gasteiger charge is 2.23. The van der Waals surface area contributed by atoms with Crippen LogP contribution in [-0.4, -0.2) is 17.5 Å². The van der Waals surface area contributed by atoms with Gasteiger partial charge in [0.25, 0.3) is 0 Å². The standard InChI is InChI=1S/C11H10O2S2/c12-7-8(13)11(9-3-1-5-14-9)10-4-2-6-15-10/h1-6,11-12H,7H2.